The van der Waals surface area contributed by atoms with Crippen LogP contribution >= 0.6 is 0 Å². The minimum atomic E-state index is -0.441. The zero-order valence-corrected chi connectivity index (χ0v) is 8.98. The Kier molecular flexibility index (Phi) is 3.50. The molecule has 5 heteroatoms. The topological polar surface area (TPSA) is 83.8 Å². The first-order valence-electron chi connectivity index (χ1n) is 4.70. The van der Waals surface area contributed by atoms with Crippen LogP contribution in [-0.2, 0) is 0 Å². The second kappa shape index (κ2) is 4.65. The van der Waals surface area contributed by atoms with Crippen LogP contribution in [0.25, 0.3) is 0 Å². The fourth-order valence-corrected chi connectivity index (χ4v) is 1.40. The van der Waals surface area contributed by atoms with Crippen molar-refractivity contribution in [1.82, 2.24) is 0 Å². The Morgan fingerprint density at radius 3 is 2.50 bits per heavy atom. The highest BCUT2D eigenvalue weighted by molar-refractivity contribution is 6.03. The maximum Gasteiger partial charge on any atom is 0.167 e. The van der Waals surface area contributed by atoms with Crippen LogP contribution in [0.3, 0.4) is 0 Å². The third kappa shape index (κ3) is 1.98. The number of aromatic hydroxyl groups is 2. The molecule has 1 aromatic rings. The fraction of sp³-hybridized carbons (Fsp3) is 0.273. The number of hydrogen-bond donors (Lipinski definition) is 2. The number of benzene rings is 1. The highest BCUT2D eigenvalue weighted by Gasteiger charge is 2.21. The zero-order chi connectivity index (χ0) is 12.3. The number of phenols is 2. The van der Waals surface area contributed by atoms with Crippen molar-refractivity contribution in [2.45, 2.75) is 13.8 Å². The SMILES string of the molecule is CCOc1c(C=O)c(O)cc(O)c1C(C)=O. The summed E-state index contributed by atoms with van der Waals surface area (Å²) < 4.78 is 5.11. The summed E-state index contributed by atoms with van der Waals surface area (Å²) in [5, 5.41) is 18.9. The van der Waals surface area contributed by atoms with Crippen molar-refractivity contribution in [3.63, 3.8) is 0 Å². The van der Waals surface area contributed by atoms with E-state index in [2.05, 4.69) is 0 Å². The molecule has 0 unspecified atom stereocenters. The molecule has 86 valence electrons. The molecule has 0 aliphatic rings. The lowest BCUT2D eigenvalue weighted by molar-refractivity contribution is 0.101. The van der Waals surface area contributed by atoms with E-state index in [0.29, 0.717) is 6.29 Å². The molecule has 0 atom stereocenters. The van der Waals surface area contributed by atoms with E-state index in [1.165, 1.54) is 6.92 Å². The summed E-state index contributed by atoms with van der Waals surface area (Å²) in [6.45, 7) is 3.12. The average molecular weight is 224 g/mol. The van der Waals surface area contributed by atoms with E-state index in [1.54, 1.807) is 6.92 Å². The quantitative estimate of drug-likeness (QED) is 0.598. The van der Waals surface area contributed by atoms with Gasteiger partial charge in [-0.15, -0.1) is 0 Å². The molecule has 0 radical (unpaired) electrons. The molecule has 0 aliphatic heterocycles. The first-order chi connectivity index (χ1) is 7.52. The number of carbonyl (C=O) groups is 2. The van der Waals surface area contributed by atoms with Crippen LogP contribution in [0.15, 0.2) is 6.07 Å². The third-order valence-electron chi connectivity index (χ3n) is 2.04. The summed E-state index contributed by atoms with van der Waals surface area (Å²) in [4.78, 5) is 22.1. The van der Waals surface area contributed by atoms with E-state index >= 15 is 0 Å². The Balaban J connectivity index is 3.57. The summed E-state index contributed by atoms with van der Waals surface area (Å²) in [5.74, 6) is -1.34. The normalized spacial score (nSPS) is 9.88. The molecule has 16 heavy (non-hydrogen) atoms. The van der Waals surface area contributed by atoms with Crippen molar-refractivity contribution in [2.75, 3.05) is 6.61 Å². The lowest BCUT2D eigenvalue weighted by atomic mass is 10.0. The van der Waals surface area contributed by atoms with Gasteiger partial charge in [0.25, 0.3) is 0 Å². The van der Waals surface area contributed by atoms with Crippen LogP contribution < -0.4 is 4.74 Å². The molecule has 2 N–H and O–H groups in total. The van der Waals surface area contributed by atoms with Gasteiger partial charge in [-0.3, -0.25) is 9.59 Å². The van der Waals surface area contributed by atoms with Gasteiger partial charge in [0, 0.05) is 6.07 Å². The zero-order valence-electron chi connectivity index (χ0n) is 8.98. The van der Waals surface area contributed by atoms with Crippen molar-refractivity contribution in [1.29, 1.82) is 0 Å². The standard InChI is InChI=1S/C11H12O5/c1-3-16-11-7(5-12)8(14)4-9(15)10(11)6(2)13/h4-5,14-15H,3H2,1-2H3. The van der Waals surface area contributed by atoms with Gasteiger partial charge in [-0.1, -0.05) is 0 Å². The number of hydrogen-bond acceptors (Lipinski definition) is 5. The van der Waals surface area contributed by atoms with Gasteiger partial charge in [-0.05, 0) is 13.8 Å². The Bertz CT molecular complexity index is 436. The summed E-state index contributed by atoms with van der Waals surface area (Å²) in [6.07, 6.45) is 0.381. The number of Topliss-reactive ketones (excluding diaryl/α,β-unsaturated/α-hetero) is 1. The van der Waals surface area contributed by atoms with Crippen molar-refractivity contribution in [2.24, 2.45) is 0 Å². The number of ketones is 1. The fourth-order valence-electron chi connectivity index (χ4n) is 1.40. The number of phenolic OH excluding ortho intramolecular Hbond substituents is 2. The van der Waals surface area contributed by atoms with Crippen molar-refractivity contribution >= 4 is 12.1 Å². The second-order valence-corrected chi connectivity index (χ2v) is 3.14. The summed E-state index contributed by atoms with van der Waals surface area (Å²) in [6, 6.07) is 0.947. The van der Waals surface area contributed by atoms with Crippen LogP contribution in [0.1, 0.15) is 34.6 Å². The van der Waals surface area contributed by atoms with Crippen LogP contribution in [0.4, 0.5) is 0 Å². The van der Waals surface area contributed by atoms with Gasteiger partial charge in [0.05, 0.1) is 12.2 Å². The van der Waals surface area contributed by atoms with Gasteiger partial charge in [-0.25, -0.2) is 0 Å². The van der Waals surface area contributed by atoms with E-state index in [4.69, 9.17) is 4.74 Å². The largest absolute Gasteiger partial charge is 0.507 e. The molecule has 0 bridgehead atoms. The maximum atomic E-state index is 11.3. The minimum Gasteiger partial charge on any atom is -0.507 e. The monoisotopic (exact) mass is 224 g/mol. The smallest absolute Gasteiger partial charge is 0.167 e. The number of carbonyl (C=O) groups excluding carboxylic acids is 2. The summed E-state index contributed by atoms with van der Waals surface area (Å²) in [7, 11) is 0. The molecule has 0 aromatic heterocycles. The molecule has 1 aromatic carbocycles. The minimum absolute atomic E-state index is 0.0810. The lowest BCUT2D eigenvalue weighted by Gasteiger charge is -2.13. The molecular formula is C11H12O5. The molecule has 0 aliphatic carbocycles. The third-order valence-corrected chi connectivity index (χ3v) is 2.04. The molecule has 0 spiro atoms. The van der Waals surface area contributed by atoms with Gasteiger partial charge < -0.3 is 14.9 Å². The molecule has 0 fully saturated rings. The second-order valence-electron chi connectivity index (χ2n) is 3.14. The van der Waals surface area contributed by atoms with Crippen molar-refractivity contribution in [3.8, 4) is 17.2 Å². The van der Waals surface area contributed by atoms with Crippen LogP contribution in [0.2, 0.25) is 0 Å². The van der Waals surface area contributed by atoms with Crippen LogP contribution in [0.5, 0.6) is 17.2 Å². The predicted octanol–water partition coefficient (Wildman–Crippen LogP) is 1.51. The van der Waals surface area contributed by atoms with E-state index < -0.39 is 17.3 Å². The first-order valence-corrected chi connectivity index (χ1v) is 4.70. The molecular weight excluding hydrogens is 212 g/mol. The summed E-state index contributed by atoms with van der Waals surface area (Å²) >= 11 is 0. The van der Waals surface area contributed by atoms with E-state index in [0.717, 1.165) is 6.07 Å². The average Bonchev–Trinajstić information content (AvgIpc) is 2.17. The molecule has 0 amide bonds. The number of aldehydes is 1. The maximum absolute atomic E-state index is 11.3. The molecule has 0 saturated carbocycles. The van der Waals surface area contributed by atoms with Gasteiger partial charge in [0.1, 0.15) is 22.8 Å². The van der Waals surface area contributed by atoms with E-state index in [-0.39, 0.29) is 23.5 Å². The molecule has 0 heterocycles. The van der Waals surface area contributed by atoms with E-state index in [1.807, 2.05) is 0 Å². The summed E-state index contributed by atoms with van der Waals surface area (Å²) in [5.41, 5.74) is -0.230. The van der Waals surface area contributed by atoms with Gasteiger partial charge in [0.15, 0.2) is 12.1 Å². The van der Waals surface area contributed by atoms with Crippen LogP contribution in [-0.4, -0.2) is 28.9 Å². The molecule has 0 saturated heterocycles. The molecule has 5 nitrogen and oxygen atoms in total. The Labute approximate surface area is 92.3 Å². The van der Waals surface area contributed by atoms with Crippen molar-refractivity contribution in [3.05, 3.63) is 17.2 Å². The number of rotatable bonds is 4. The Morgan fingerprint density at radius 1 is 1.44 bits per heavy atom. The highest BCUT2D eigenvalue weighted by Crippen LogP contribution is 2.37. The highest BCUT2D eigenvalue weighted by atomic mass is 16.5. The van der Waals surface area contributed by atoms with Gasteiger partial charge in [-0.2, -0.15) is 0 Å². The first kappa shape index (κ1) is 12.0. The Hall–Kier alpha value is -2.04. The number of ether oxygens (including phenoxy) is 1. The van der Waals surface area contributed by atoms with Gasteiger partial charge in [0.2, 0.25) is 0 Å². The predicted molar refractivity (Wildman–Crippen MR) is 56.3 cm³/mol. The van der Waals surface area contributed by atoms with Crippen molar-refractivity contribution < 1.29 is 24.5 Å². The Morgan fingerprint density at radius 2 is 2.06 bits per heavy atom. The van der Waals surface area contributed by atoms with Crippen LogP contribution in [0, 0.1) is 0 Å². The van der Waals surface area contributed by atoms with Gasteiger partial charge >= 0.3 is 0 Å². The lowest BCUT2D eigenvalue weighted by Crippen LogP contribution is -2.04. The van der Waals surface area contributed by atoms with E-state index in [9.17, 15) is 19.8 Å². The molecule has 1 rings (SSSR count).